The highest BCUT2D eigenvalue weighted by Crippen LogP contribution is 2.24. The number of aliphatic hydroxyl groups is 1. The first-order valence-corrected chi connectivity index (χ1v) is 5.00. The Kier molecular flexibility index (Phi) is 3.25. The van der Waals surface area contributed by atoms with Crippen LogP contribution >= 0.6 is 27.3 Å². The van der Waals surface area contributed by atoms with Gasteiger partial charge in [0.15, 0.2) is 0 Å². The zero-order valence-corrected chi connectivity index (χ0v) is 8.78. The Morgan fingerprint density at radius 2 is 2.50 bits per heavy atom. The van der Waals surface area contributed by atoms with E-state index in [1.54, 1.807) is 6.07 Å². The number of carbonyl (C=O) groups is 1. The molecule has 1 unspecified atom stereocenters. The lowest BCUT2D eigenvalue weighted by molar-refractivity contribution is -0.123. The largest absolute Gasteiger partial charge is 0.384 e. The van der Waals surface area contributed by atoms with E-state index in [0.29, 0.717) is 0 Å². The number of rotatable bonds is 2. The molecule has 0 aliphatic carbocycles. The first-order chi connectivity index (χ1) is 5.59. The van der Waals surface area contributed by atoms with Crippen LogP contribution in [0.3, 0.4) is 0 Å². The van der Waals surface area contributed by atoms with Crippen molar-refractivity contribution in [3.8, 4) is 0 Å². The van der Waals surface area contributed by atoms with Gasteiger partial charge in [0.05, 0.1) is 5.00 Å². The SMILES string of the molecule is CC(O)C(=O)Nc1cc(Br)cs1. The highest BCUT2D eigenvalue weighted by molar-refractivity contribution is 9.10. The molecule has 0 aliphatic rings. The minimum atomic E-state index is -0.967. The molecule has 1 atom stereocenters. The smallest absolute Gasteiger partial charge is 0.253 e. The van der Waals surface area contributed by atoms with Gasteiger partial charge in [0.2, 0.25) is 0 Å². The molecule has 12 heavy (non-hydrogen) atoms. The number of nitrogens with one attached hydrogen (secondary N) is 1. The normalized spacial score (nSPS) is 12.6. The standard InChI is InChI=1S/C7H8BrNO2S/c1-4(10)7(11)9-6-2-5(8)3-12-6/h2-4,10H,1H3,(H,9,11). The minimum absolute atomic E-state index is 0.385. The molecular formula is C7H8BrNO2S. The Morgan fingerprint density at radius 3 is 2.92 bits per heavy atom. The van der Waals surface area contributed by atoms with Gasteiger partial charge in [-0.2, -0.15) is 0 Å². The van der Waals surface area contributed by atoms with Crippen LogP contribution < -0.4 is 5.32 Å². The van der Waals surface area contributed by atoms with Gasteiger partial charge in [-0.25, -0.2) is 0 Å². The van der Waals surface area contributed by atoms with Gasteiger partial charge in [0, 0.05) is 9.85 Å². The van der Waals surface area contributed by atoms with Gasteiger partial charge >= 0.3 is 0 Å². The van der Waals surface area contributed by atoms with E-state index in [1.807, 2.05) is 5.38 Å². The molecular weight excluding hydrogens is 242 g/mol. The fourth-order valence-corrected chi connectivity index (χ4v) is 1.93. The highest BCUT2D eigenvalue weighted by atomic mass is 79.9. The number of hydrogen-bond acceptors (Lipinski definition) is 3. The minimum Gasteiger partial charge on any atom is -0.384 e. The Hall–Kier alpha value is -0.390. The van der Waals surface area contributed by atoms with E-state index in [-0.39, 0.29) is 5.91 Å². The molecule has 2 N–H and O–H groups in total. The summed E-state index contributed by atoms with van der Waals surface area (Å²) in [6, 6.07) is 1.78. The van der Waals surface area contributed by atoms with Crippen molar-refractivity contribution < 1.29 is 9.90 Å². The van der Waals surface area contributed by atoms with Crippen LogP contribution in [0, 0.1) is 0 Å². The summed E-state index contributed by atoms with van der Waals surface area (Å²) in [5.74, 6) is -0.385. The molecule has 1 aromatic rings. The van der Waals surface area contributed by atoms with E-state index in [2.05, 4.69) is 21.2 Å². The van der Waals surface area contributed by atoms with E-state index in [1.165, 1.54) is 18.3 Å². The number of aliphatic hydroxyl groups excluding tert-OH is 1. The van der Waals surface area contributed by atoms with E-state index < -0.39 is 6.10 Å². The molecule has 0 spiro atoms. The predicted molar refractivity (Wildman–Crippen MR) is 52.3 cm³/mol. The lowest BCUT2D eigenvalue weighted by atomic mass is 10.4. The fraction of sp³-hybridized carbons (Fsp3) is 0.286. The summed E-state index contributed by atoms with van der Waals surface area (Å²) in [4.78, 5) is 11.0. The van der Waals surface area contributed by atoms with Gasteiger partial charge in [0.1, 0.15) is 6.10 Å². The van der Waals surface area contributed by atoms with Crippen molar-refractivity contribution in [1.82, 2.24) is 0 Å². The lowest BCUT2D eigenvalue weighted by Gasteiger charge is -2.03. The van der Waals surface area contributed by atoms with Crippen molar-refractivity contribution >= 4 is 38.2 Å². The maximum absolute atomic E-state index is 11.0. The van der Waals surface area contributed by atoms with E-state index in [0.717, 1.165) is 9.47 Å². The Balaban J connectivity index is 2.58. The van der Waals surface area contributed by atoms with Crippen LogP contribution in [0.2, 0.25) is 0 Å². The summed E-state index contributed by atoms with van der Waals surface area (Å²) in [6.45, 7) is 1.43. The van der Waals surface area contributed by atoms with Crippen molar-refractivity contribution in [2.24, 2.45) is 0 Å². The average molecular weight is 250 g/mol. The zero-order chi connectivity index (χ0) is 9.14. The number of carbonyl (C=O) groups excluding carboxylic acids is 1. The third-order valence-corrected chi connectivity index (χ3v) is 2.80. The molecule has 0 saturated heterocycles. The molecule has 5 heteroatoms. The summed E-state index contributed by atoms with van der Waals surface area (Å²) >= 11 is 4.66. The molecule has 0 aromatic carbocycles. The van der Waals surface area contributed by atoms with Gasteiger partial charge in [-0.1, -0.05) is 0 Å². The monoisotopic (exact) mass is 249 g/mol. The first kappa shape index (κ1) is 9.70. The van der Waals surface area contributed by atoms with Crippen molar-refractivity contribution in [1.29, 1.82) is 0 Å². The molecule has 1 heterocycles. The van der Waals surface area contributed by atoms with Crippen LogP contribution in [-0.2, 0) is 4.79 Å². The van der Waals surface area contributed by atoms with Crippen molar-refractivity contribution in [3.05, 3.63) is 15.9 Å². The van der Waals surface area contributed by atoms with Crippen LogP contribution in [0.15, 0.2) is 15.9 Å². The Labute approximate surface area is 82.5 Å². The van der Waals surface area contributed by atoms with Gasteiger partial charge in [-0.3, -0.25) is 4.79 Å². The van der Waals surface area contributed by atoms with E-state index in [9.17, 15) is 4.79 Å². The fourth-order valence-electron chi connectivity index (χ4n) is 0.604. The number of anilines is 1. The van der Waals surface area contributed by atoms with Crippen LogP contribution in [0.1, 0.15) is 6.92 Å². The van der Waals surface area contributed by atoms with Gasteiger partial charge in [-0.15, -0.1) is 11.3 Å². The van der Waals surface area contributed by atoms with Gasteiger partial charge < -0.3 is 10.4 Å². The Morgan fingerprint density at radius 1 is 1.83 bits per heavy atom. The number of hydrogen-bond donors (Lipinski definition) is 2. The maximum Gasteiger partial charge on any atom is 0.253 e. The summed E-state index contributed by atoms with van der Waals surface area (Å²) in [6.07, 6.45) is -0.967. The molecule has 1 amide bonds. The molecule has 0 radical (unpaired) electrons. The second-order valence-electron chi connectivity index (χ2n) is 2.29. The molecule has 1 rings (SSSR count). The summed E-state index contributed by atoms with van der Waals surface area (Å²) in [7, 11) is 0. The summed E-state index contributed by atoms with van der Waals surface area (Å²) in [5.41, 5.74) is 0. The van der Waals surface area contributed by atoms with E-state index in [4.69, 9.17) is 5.11 Å². The molecule has 66 valence electrons. The number of halogens is 1. The van der Waals surface area contributed by atoms with Crippen LogP contribution in [0.5, 0.6) is 0 Å². The zero-order valence-electron chi connectivity index (χ0n) is 6.37. The maximum atomic E-state index is 11.0. The number of amides is 1. The quantitative estimate of drug-likeness (QED) is 0.841. The third kappa shape index (κ3) is 2.58. The van der Waals surface area contributed by atoms with Crippen molar-refractivity contribution in [3.63, 3.8) is 0 Å². The van der Waals surface area contributed by atoms with E-state index >= 15 is 0 Å². The first-order valence-electron chi connectivity index (χ1n) is 3.32. The molecule has 0 fully saturated rings. The van der Waals surface area contributed by atoms with Crippen molar-refractivity contribution in [2.45, 2.75) is 13.0 Å². The molecule has 1 aromatic heterocycles. The molecule has 0 saturated carbocycles. The average Bonchev–Trinajstić information content (AvgIpc) is 2.35. The number of thiophene rings is 1. The van der Waals surface area contributed by atoms with Crippen LogP contribution in [0.4, 0.5) is 5.00 Å². The van der Waals surface area contributed by atoms with Crippen LogP contribution in [0.25, 0.3) is 0 Å². The van der Waals surface area contributed by atoms with Gasteiger partial charge in [-0.05, 0) is 28.9 Å². The van der Waals surface area contributed by atoms with Gasteiger partial charge in [0.25, 0.3) is 5.91 Å². The highest BCUT2D eigenvalue weighted by Gasteiger charge is 2.09. The predicted octanol–water partition coefficient (Wildman–Crippen LogP) is 1.83. The summed E-state index contributed by atoms with van der Waals surface area (Å²) < 4.78 is 0.924. The summed E-state index contributed by atoms with van der Waals surface area (Å²) in [5, 5.41) is 14.0. The van der Waals surface area contributed by atoms with Crippen molar-refractivity contribution in [2.75, 3.05) is 5.32 Å². The second kappa shape index (κ2) is 4.02. The Bertz CT molecular complexity index is 285. The molecule has 3 nitrogen and oxygen atoms in total. The lowest BCUT2D eigenvalue weighted by Crippen LogP contribution is -2.23. The topological polar surface area (TPSA) is 49.3 Å². The second-order valence-corrected chi connectivity index (χ2v) is 4.12. The molecule has 0 aliphatic heterocycles. The third-order valence-electron chi connectivity index (χ3n) is 1.19. The molecule has 0 bridgehead atoms. The van der Waals surface area contributed by atoms with Crippen LogP contribution in [-0.4, -0.2) is 17.1 Å².